The quantitative estimate of drug-likeness (QED) is 0.794. The Bertz CT molecular complexity index is 469. The van der Waals surface area contributed by atoms with Crippen LogP contribution in [0.25, 0.3) is 5.57 Å². The lowest BCUT2D eigenvalue weighted by molar-refractivity contribution is 0.498. The molecular weight excluding hydrogens is 239 g/mol. The van der Waals surface area contributed by atoms with Gasteiger partial charge in [-0.15, -0.1) is 11.3 Å². The molecule has 4 heteroatoms. The highest BCUT2D eigenvalue weighted by Crippen LogP contribution is 2.31. The fourth-order valence-corrected chi connectivity index (χ4v) is 3.10. The third-order valence-electron chi connectivity index (χ3n) is 2.38. The van der Waals surface area contributed by atoms with E-state index in [1.807, 2.05) is 6.07 Å². The summed E-state index contributed by atoms with van der Waals surface area (Å²) in [6.45, 7) is 2.08. The number of rotatable bonds is 2. The number of hydrogen-bond acceptors (Lipinski definition) is 3. The Kier molecular flexibility index (Phi) is 3.72. The highest BCUT2D eigenvalue weighted by Gasteiger charge is 2.09. The van der Waals surface area contributed by atoms with Crippen LogP contribution in [0.15, 0.2) is 42.0 Å². The number of hydrogen-bond donors (Lipinski definition) is 2. The molecule has 84 valence electrons. The van der Waals surface area contributed by atoms with Crippen molar-refractivity contribution in [2.24, 2.45) is 0 Å². The number of thiophene rings is 1. The van der Waals surface area contributed by atoms with Gasteiger partial charge in [0.15, 0.2) is 0 Å². The molecule has 1 heterocycles. The lowest BCUT2D eigenvalue weighted by Gasteiger charge is -1.97. The van der Waals surface area contributed by atoms with E-state index in [1.54, 1.807) is 6.07 Å². The van der Waals surface area contributed by atoms with Crippen molar-refractivity contribution in [3.05, 3.63) is 46.9 Å². The summed E-state index contributed by atoms with van der Waals surface area (Å²) in [6, 6.07) is 3.73. The number of allylic oxidation sites excluding steroid dienone is 6. The topological polar surface area (TPSA) is 40.5 Å². The van der Waals surface area contributed by atoms with Gasteiger partial charge in [0.2, 0.25) is 8.38 Å². The fraction of sp³-hybridized carbons (Fsp3) is 0.167. The molecule has 0 aliphatic heterocycles. The van der Waals surface area contributed by atoms with Gasteiger partial charge in [0.05, 0.1) is 4.62 Å². The summed E-state index contributed by atoms with van der Waals surface area (Å²) in [4.78, 5) is 19.3. The molecule has 0 saturated heterocycles. The Balaban J connectivity index is 2.25. The van der Waals surface area contributed by atoms with E-state index in [9.17, 15) is 0 Å². The van der Waals surface area contributed by atoms with Crippen molar-refractivity contribution >= 4 is 29.9 Å². The maximum Gasteiger partial charge on any atom is 0.210 e. The zero-order valence-corrected chi connectivity index (χ0v) is 10.6. The van der Waals surface area contributed by atoms with Crippen molar-refractivity contribution in [2.45, 2.75) is 13.3 Å². The molecule has 1 aliphatic carbocycles. The first kappa shape index (κ1) is 11.7. The lowest BCUT2D eigenvalue weighted by Crippen LogP contribution is -1.89. The summed E-state index contributed by atoms with van der Waals surface area (Å²) < 4.78 is 0.647. The van der Waals surface area contributed by atoms with Gasteiger partial charge < -0.3 is 9.79 Å². The van der Waals surface area contributed by atoms with Gasteiger partial charge in [-0.2, -0.15) is 0 Å². The first-order valence-corrected chi connectivity index (χ1v) is 7.06. The molecule has 0 bridgehead atoms. The Morgan fingerprint density at radius 2 is 2.00 bits per heavy atom. The molecule has 0 radical (unpaired) electrons. The van der Waals surface area contributed by atoms with Crippen LogP contribution in [0.1, 0.15) is 18.2 Å². The van der Waals surface area contributed by atoms with Crippen LogP contribution in [0.5, 0.6) is 0 Å². The zero-order valence-electron chi connectivity index (χ0n) is 8.92. The first-order valence-electron chi connectivity index (χ1n) is 5.00. The van der Waals surface area contributed by atoms with Crippen molar-refractivity contribution in [1.82, 2.24) is 0 Å². The van der Waals surface area contributed by atoms with Crippen molar-refractivity contribution in [2.75, 3.05) is 0 Å². The van der Waals surface area contributed by atoms with E-state index >= 15 is 0 Å². The first-order chi connectivity index (χ1) is 7.66. The maximum atomic E-state index is 9.12. The highest BCUT2D eigenvalue weighted by atomic mass is 32.1. The molecule has 1 aromatic heterocycles. The molecule has 2 rings (SSSR count). The molecular formula is C12H13O2PS. The molecule has 2 nitrogen and oxygen atoms in total. The van der Waals surface area contributed by atoms with Crippen molar-refractivity contribution < 1.29 is 9.79 Å². The van der Waals surface area contributed by atoms with Gasteiger partial charge in [-0.25, -0.2) is 0 Å². The van der Waals surface area contributed by atoms with E-state index < -0.39 is 8.38 Å². The van der Waals surface area contributed by atoms with Crippen molar-refractivity contribution in [3.8, 4) is 0 Å². The molecule has 0 unspecified atom stereocenters. The van der Waals surface area contributed by atoms with Crippen LogP contribution < -0.4 is 4.62 Å². The second-order valence-electron chi connectivity index (χ2n) is 3.60. The summed E-state index contributed by atoms with van der Waals surface area (Å²) in [7, 11) is -1.96. The molecule has 0 aromatic carbocycles. The minimum absolute atomic E-state index is 0.647. The third kappa shape index (κ3) is 2.69. The highest BCUT2D eigenvalue weighted by molar-refractivity contribution is 7.62. The standard InChI is InChI=1S/C12H13O2PS/c1-9-3-2-4-10(6-5-9)11-7-8-12(16-11)15(13)14/h3-8,13-14H,2H2,1H3. The molecule has 2 N–H and O–H groups in total. The smallest absolute Gasteiger partial charge is 0.210 e. The minimum Gasteiger partial charge on any atom is -0.346 e. The SMILES string of the molecule is CC1=CCC=C(c2ccc(P(O)O)s2)C=C1. The molecule has 0 atom stereocenters. The third-order valence-corrected chi connectivity index (χ3v) is 4.62. The maximum absolute atomic E-state index is 9.12. The van der Waals surface area contributed by atoms with Crippen LogP contribution in [0.2, 0.25) is 0 Å². The predicted octanol–water partition coefficient (Wildman–Crippen LogP) is 2.96. The van der Waals surface area contributed by atoms with Crippen LogP contribution in [-0.4, -0.2) is 9.79 Å². The molecule has 1 aromatic rings. The second kappa shape index (κ2) is 5.07. The van der Waals surface area contributed by atoms with Crippen molar-refractivity contribution in [1.29, 1.82) is 0 Å². The summed E-state index contributed by atoms with van der Waals surface area (Å²) >= 11 is 1.44. The van der Waals surface area contributed by atoms with E-state index in [0.29, 0.717) is 4.62 Å². The van der Waals surface area contributed by atoms with E-state index in [0.717, 1.165) is 16.9 Å². The molecule has 16 heavy (non-hydrogen) atoms. The van der Waals surface area contributed by atoms with Gasteiger partial charge >= 0.3 is 0 Å². The fourth-order valence-electron chi connectivity index (χ4n) is 1.50. The van der Waals surface area contributed by atoms with Gasteiger partial charge in [-0.05, 0) is 31.1 Å². The largest absolute Gasteiger partial charge is 0.346 e. The van der Waals surface area contributed by atoms with E-state index in [4.69, 9.17) is 9.79 Å². The van der Waals surface area contributed by atoms with Gasteiger partial charge in [0.1, 0.15) is 0 Å². The zero-order chi connectivity index (χ0) is 11.5. The summed E-state index contributed by atoms with van der Waals surface area (Å²) in [5.74, 6) is 0. The Morgan fingerprint density at radius 3 is 2.69 bits per heavy atom. The summed E-state index contributed by atoms with van der Waals surface area (Å²) in [6.07, 6.45) is 9.40. The van der Waals surface area contributed by atoms with E-state index in [2.05, 4.69) is 31.2 Å². The van der Waals surface area contributed by atoms with Crippen molar-refractivity contribution in [3.63, 3.8) is 0 Å². The van der Waals surface area contributed by atoms with Gasteiger partial charge in [0, 0.05) is 4.88 Å². The minimum atomic E-state index is -1.96. The predicted molar refractivity (Wildman–Crippen MR) is 70.8 cm³/mol. The van der Waals surface area contributed by atoms with Crippen LogP contribution >= 0.6 is 19.7 Å². The van der Waals surface area contributed by atoms with E-state index in [-0.39, 0.29) is 0 Å². The van der Waals surface area contributed by atoms with Gasteiger partial charge in [-0.3, -0.25) is 0 Å². The Labute approximate surface area is 100 Å². The van der Waals surface area contributed by atoms with E-state index in [1.165, 1.54) is 16.9 Å². The molecule has 0 fully saturated rings. The molecule has 1 aliphatic rings. The lowest BCUT2D eigenvalue weighted by atomic mass is 10.2. The molecule has 0 amide bonds. The summed E-state index contributed by atoms with van der Waals surface area (Å²) in [5.41, 5.74) is 2.41. The average molecular weight is 252 g/mol. The second-order valence-corrected chi connectivity index (χ2v) is 6.05. The molecule has 0 saturated carbocycles. The monoisotopic (exact) mass is 252 g/mol. The van der Waals surface area contributed by atoms with Crippen LogP contribution in [-0.2, 0) is 0 Å². The van der Waals surface area contributed by atoms with Gasteiger partial charge in [-0.1, -0.05) is 29.9 Å². The average Bonchev–Trinajstić information content (AvgIpc) is 2.63. The summed E-state index contributed by atoms with van der Waals surface area (Å²) in [5, 5.41) is 0. The van der Waals surface area contributed by atoms with Crippen LogP contribution in [0.3, 0.4) is 0 Å². The normalized spacial score (nSPS) is 16.0. The molecule has 0 spiro atoms. The van der Waals surface area contributed by atoms with Gasteiger partial charge in [0.25, 0.3) is 0 Å². The Hall–Kier alpha value is -0.730. The Morgan fingerprint density at radius 1 is 1.19 bits per heavy atom. The van der Waals surface area contributed by atoms with Crippen LogP contribution in [0, 0.1) is 0 Å². The van der Waals surface area contributed by atoms with Crippen LogP contribution in [0.4, 0.5) is 0 Å².